The van der Waals surface area contributed by atoms with E-state index in [0.717, 1.165) is 21.3 Å². The number of carbonyl (C=O) groups is 2. The zero-order chi connectivity index (χ0) is 18.8. The van der Waals surface area contributed by atoms with Crippen molar-refractivity contribution < 1.29 is 14.3 Å². The molecule has 0 atom stereocenters. The molecule has 3 rings (SSSR count). The second-order valence-electron chi connectivity index (χ2n) is 5.70. The van der Waals surface area contributed by atoms with Crippen LogP contribution >= 0.6 is 34.3 Å². The van der Waals surface area contributed by atoms with Crippen molar-refractivity contribution in [2.45, 2.75) is 27.3 Å². The summed E-state index contributed by atoms with van der Waals surface area (Å²) in [4.78, 5) is 29.7. The van der Waals surface area contributed by atoms with Gasteiger partial charge < -0.3 is 9.30 Å². The fourth-order valence-electron chi connectivity index (χ4n) is 2.47. The molecule has 1 aromatic carbocycles. The minimum Gasteiger partial charge on any atom is -0.465 e. The van der Waals surface area contributed by atoms with Crippen LogP contribution in [-0.2, 0) is 16.1 Å². The van der Waals surface area contributed by atoms with E-state index in [1.54, 1.807) is 23.6 Å². The summed E-state index contributed by atoms with van der Waals surface area (Å²) < 4.78 is 8.30. The van der Waals surface area contributed by atoms with E-state index in [2.05, 4.69) is 4.99 Å². The number of fused-ring (bicyclic) bond motifs is 1. The molecule has 3 aromatic rings. The molecule has 136 valence electrons. The van der Waals surface area contributed by atoms with Gasteiger partial charge in [-0.25, -0.2) is 0 Å². The van der Waals surface area contributed by atoms with E-state index in [1.807, 2.05) is 26.0 Å². The summed E-state index contributed by atoms with van der Waals surface area (Å²) in [7, 11) is 0. The molecule has 0 saturated heterocycles. The third-order valence-electron chi connectivity index (χ3n) is 3.87. The van der Waals surface area contributed by atoms with E-state index in [4.69, 9.17) is 16.3 Å². The highest BCUT2D eigenvalue weighted by atomic mass is 35.5. The van der Waals surface area contributed by atoms with Gasteiger partial charge in [0.1, 0.15) is 6.54 Å². The van der Waals surface area contributed by atoms with E-state index in [0.29, 0.717) is 20.6 Å². The van der Waals surface area contributed by atoms with Crippen molar-refractivity contribution in [1.29, 1.82) is 0 Å². The molecular weight excluding hydrogens is 392 g/mol. The molecule has 0 saturated carbocycles. The molecule has 0 aliphatic rings. The van der Waals surface area contributed by atoms with Gasteiger partial charge >= 0.3 is 5.97 Å². The summed E-state index contributed by atoms with van der Waals surface area (Å²) in [5, 5.41) is 0. The largest absolute Gasteiger partial charge is 0.465 e. The Morgan fingerprint density at radius 1 is 1.19 bits per heavy atom. The molecule has 8 heteroatoms. The van der Waals surface area contributed by atoms with Crippen molar-refractivity contribution >= 4 is 56.4 Å². The third-order valence-corrected chi connectivity index (χ3v) is 6.13. The average Bonchev–Trinajstić information content (AvgIpc) is 3.14. The van der Waals surface area contributed by atoms with Gasteiger partial charge in [-0.05, 0) is 56.2 Å². The Morgan fingerprint density at radius 3 is 2.58 bits per heavy atom. The average molecular weight is 409 g/mol. The molecule has 0 bridgehead atoms. The number of hydrogen-bond acceptors (Lipinski definition) is 5. The van der Waals surface area contributed by atoms with Crippen LogP contribution in [0.5, 0.6) is 0 Å². The number of thiophene rings is 1. The molecule has 0 radical (unpaired) electrons. The Labute approximate surface area is 163 Å². The quantitative estimate of drug-likeness (QED) is 0.603. The third kappa shape index (κ3) is 3.90. The van der Waals surface area contributed by atoms with Crippen molar-refractivity contribution in [3.05, 3.63) is 49.4 Å². The van der Waals surface area contributed by atoms with Crippen LogP contribution < -0.4 is 4.80 Å². The number of aryl methyl sites for hydroxylation is 2. The number of ether oxygens (including phenoxy) is 1. The summed E-state index contributed by atoms with van der Waals surface area (Å²) in [5.41, 5.74) is 3.11. The van der Waals surface area contributed by atoms with E-state index < -0.39 is 0 Å². The lowest BCUT2D eigenvalue weighted by atomic mass is 10.1. The molecule has 2 aromatic heterocycles. The van der Waals surface area contributed by atoms with Crippen LogP contribution in [0.2, 0.25) is 4.34 Å². The predicted octanol–water partition coefficient (Wildman–Crippen LogP) is 4.34. The van der Waals surface area contributed by atoms with Crippen LogP contribution in [0, 0.1) is 13.8 Å². The van der Waals surface area contributed by atoms with Crippen LogP contribution in [0.15, 0.2) is 29.3 Å². The highest BCUT2D eigenvalue weighted by Crippen LogP contribution is 2.24. The van der Waals surface area contributed by atoms with Crippen molar-refractivity contribution in [2.24, 2.45) is 4.99 Å². The minimum absolute atomic E-state index is 0.00759. The van der Waals surface area contributed by atoms with Gasteiger partial charge in [0.15, 0.2) is 4.80 Å². The van der Waals surface area contributed by atoms with Crippen molar-refractivity contribution in [2.75, 3.05) is 6.61 Å². The van der Waals surface area contributed by atoms with E-state index in [9.17, 15) is 9.59 Å². The van der Waals surface area contributed by atoms with Gasteiger partial charge in [-0.2, -0.15) is 4.99 Å². The molecule has 0 aliphatic heterocycles. The normalized spacial score (nSPS) is 11.9. The lowest BCUT2D eigenvalue weighted by Crippen LogP contribution is -2.23. The van der Waals surface area contributed by atoms with Crippen molar-refractivity contribution in [3.8, 4) is 0 Å². The van der Waals surface area contributed by atoms with Gasteiger partial charge in [0.2, 0.25) is 0 Å². The highest BCUT2D eigenvalue weighted by molar-refractivity contribution is 7.18. The molecule has 0 unspecified atom stereocenters. The first-order valence-corrected chi connectivity index (χ1v) is 10.0. The molecule has 1 amide bonds. The molecule has 5 nitrogen and oxygen atoms in total. The Hall–Kier alpha value is -1.96. The summed E-state index contributed by atoms with van der Waals surface area (Å²) in [6, 6.07) is 7.36. The fraction of sp³-hybridized carbons (Fsp3) is 0.278. The predicted molar refractivity (Wildman–Crippen MR) is 105 cm³/mol. The lowest BCUT2D eigenvalue weighted by molar-refractivity contribution is -0.143. The van der Waals surface area contributed by atoms with Gasteiger partial charge in [-0.1, -0.05) is 22.9 Å². The minimum atomic E-state index is -0.375. The number of aromatic nitrogens is 1. The van der Waals surface area contributed by atoms with Crippen LogP contribution in [0.25, 0.3) is 10.2 Å². The maximum atomic E-state index is 12.5. The number of carbonyl (C=O) groups excluding carboxylic acids is 2. The number of halogens is 1. The summed E-state index contributed by atoms with van der Waals surface area (Å²) in [6.45, 7) is 6.11. The fourth-order valence-corrected chi connectivity index (χ4v) is 4.50. The molecule has 0 fully saturated rings. The van der Waals surface area contributed by atoms with Gasteiger partial charge in [-0.3, -0.25) is 9.59 Å². The number of thiazole rings is 1. The summed E-state index contributed by atoms with van der Waals surface area (Å²) in [6.07, 6.45) is 0. The topological polar surface area (TPSA) is 60.7 Å². The van der Waals surface area contributed by atoms with E-state index in [1.165, 1.54) is 22.7 Å². The van der Waals surface area contributed by atoms with Gasteiger partial charge in [0.05, 0.1) is 26.0 Å². The zero-order valence-corrected chi connectivity index (χ0v) is 16.9. The monoisotopic (exact) mass is 408 g/mol. The van der Waals surface area contributed by atoms with Crippen molar-refractivity contribution in [1.82, 2.24) is 4.57 Å². The standard InChI is InChI=1S/C18H17ClN2O3S2/c1-4-24-16(22)9-21-12-7-10(2)11(3)8-14(12)26-18(21)20-17(23)13-5-6-15(19)25-13/h5-8H,4,9H2,1-3H3. The van der Waals surface area contributed by atoms with Gasteiger partial charge in [0.25, 0.3) is 5.91 Å². The Bertz CT molecular complexity index is 1060. The number of benzene rings is 1. The van der Waals surface area contributed by atoms with Crippen LogP contribution in [0.1, 0.15) is 27.7 Å². The van der Waals surface area contributed by atoms with Crippen LogP contribution in [0.3, 0.4) is 0 Å². The summed E-state index contributed by atoms with van der Waals surface area (Å²) >= 11 is 8.46. The molecule has 0 N–H and O–H groups in total. The number of esters is 1. The molecule has 2 heterocycles. The smallest absolute Gasteiger partial charge is 0.326 e. The van der Waals surface area contributed by atoms with Gasteiger partial charge in [-0.15, -0.1) is 11.3 Å². The van der Waals surface area contributed by atoms with Gasteiger partial charge in [0, 0.05) is 0 Å². The number of nitrogens with zero attached hydrogens (tertiary/aromatic N) is 2. The van der Waals surface area contributed by atoms with Crippen LogP contribution in [-0.4, -0.2) is 23.1 Å². The van der Waals surface area contributed by atoms with Crippen molar-refractivity contribution in [3.63, 3.8) is 0 Å². The molecule has 26 heavy (non-hydrogen) atoms. The SMILES string of the molecule is CCOC(=O)Cn1c(=NC(=O)c2ccc(Cl)s2)sc2cc(C)c(C)cc21. The first kappa shape index (κ1) is 18.8. The molecular formula is C18H17ClN2O3S2. The second kappa shape index (κ2) is 7.73. The maximum Gasteiger partial charge on any atom is 0.326 e. The second-order valence-corrected chi connectivity index (χ2v) is 8.42. The first-order valence-electron chi connectivity index (χ1n) is 7.99. The van der Waals surface area contributed by atoms with E-state index >= 15 is 0 Å². The lowest BCUT2D eigenvalue weighted by Gasteiger charge is -2.06. The zero-order valence-electron chi connectivity index (χ0n) is 14.5. The summed E-state index contributed by atoms with van der Waals surface area (Å²) in [5.74, 6) is -0.738. The first-order chi connectivity index (χ1) is 12.4. The molecule has 0 aliphatic carbocycles. The number of amides is 1. The Balaban J connectivity index is 2.14. The molecule has 0 spiro atoms. The van der Waals surface area contributed by atoms with E-state index in [-0.39, 0.29) is 18.4 Å². The number of rotatable bonds is 4. The highest BCUT2D eigenvalue weighted by Gasteiger charge is 2.14. The maximum absolute atomic E-state index is 12.5. The Kier molecular flexibility index (Phi) is 5.60. The van der Waals surface area contributed by atoms with Crippen LogP contribution in [0.4, 0.5) is 0 Å². The Morgan fingerprint density at radius 2 is 1.92 bits per heavy atom. The number of hydrogen-bond donors (Lipinski definition) is 0.